The van der Waals surface area contributed by atoms with Crippen LogP contribution in [0.3, 0.4) is 0 Å². The first-order valence-corrected chi connectivity index (χ1v) is 6.41. The van der Waals surface area contributed by atoms with Gasteiger partial charge in [0.15, 0.2) is 0 Å². The predicted octanol–water partition coefficient (Wildman–Crippen LogP) is 2.42. The van der Waals surface area contributed by atoms with Crippen LogP contribution in [0, 0.1) is 3.70 Å². The van der Waals surface area contributed by atoms with E-state index < -0.39 is 0 Å². The van der Waals surface area contributed by atoms with Crippen molar-refractivity contribution in [2.75, 3.05) is 0 Å². The second kappa shape index (κ2) is 4.14. The molecule has 4 nitrogen and oxygen atoms in total. The number of para-hydroxylation sites is 1. The normalized spacial score (nSPS) is 11.2. The number of halogens is 1. The molecule has 0 aliphatic carbocycles. The van der Waals surface area contributed by atoms with Crippen molar-refractivity contribution < 1.29 is 0 Å². The fourth-order valence-electron chi connectivity index (χ4n) is 1.98. The van der Waals surface area contributed by atoms with Gasteiger partial charge in [-0.25, -0.2) is 0 Å². The molecule has 0 radical (unpaired) electrons. The summed E-state index contributed by atoms with van der Waals surface area (Å²) >= 11 is 2.21. The maximum Gasteiger partial charge on any atom is 0.123 e. The highest BCUT2D eigenvalue weighted by molar-refractivity contribution is 14.1. The standard InChI is InChI=1S/C12H11IN4/c1-16-11-5-3-2-4-9(11)10(14-16)8-17-7-6-12(13)15-17/h2-7H,8H2,1H3. The summed E-state index contributed by atoms with van der Waals surface area (Å²) in [6.45, 7) is 0.713. The van der Waals surface area contributed by atoms with Crippen molar-refractivity contribution in [3.05, 3.63) is 45.9 Å². The highest BCUT2D eigenvalue weighted by Gasteiger charge is 2.08. The number of nitrogens with zero attached hydrogens (tertiary/aromatic N) is 4. The van der Waals surface area contributed by atoms with Crippen LogP contribution in [0.2, 0.25) is 0 Å². The van der Waals surface area contributed by atoms with Crippen molar-refractivity contribution in [1.82, 2.24) is 19.6 Å². The van der Waals surface area contributed by atoms with Crippen LogP contribution in [0.15, 0.2) is 36.5 Å². The van der Waals surface area contributed by atoms with Gasteiger partial charge in [0.05, 0.1) is 17.8 Å². The second-order valence-electron chi connectivity index (χ2n) is 3.92. The Morgan fingerprint density at radius 3 is 2.76 bits per heavy atom. The maximum atomic E-state index is 4.55. The lowest BCUT2D eigenvalue weighted by Gasteiger charge is -1.97. The molecule has 1 aromatic carbocycles. The first-order valence-electron chi connectivity index (χ1n) is 5.33. The largest absolute Gasteiger partial charge is 0.268 e. The Morgan fingerprint density at radius 2 is 2.00 bits per heavy atom. The molecule has 17 heavy (non-hydrogen) atoms. The highest BCUT2D eigenvalue weighted by atomic mass is 127. The number of hydrogen-bond donors (Lipinski definition) is 0. The molecule has 0 aliphatic rings. The third kappa shape index (κ3) is 1.95. The Hall–Kier alpha value is -1.37. The van der Waals surface area contributed by atoms with E-state index in [1.54, 1.807) is 0 Å². The summed E-state index contributed by atoms with van der Waals surface area (Å²) in [5.41, 5.74) is 2.21. The monoisotopic (exact) mass is 338 g/mol. The van der Waals surface area contributed by atoms with Crippen LogP contribution in [-0.2, 0) is 13.6 Å². The van der Waals surface area contributed by atoms with Gasteiger partial charge in [0, 0.05) is 18.6 Å². The Bertz CT molecular complexity index is 668. The average molecular weight is 338 g/mol. The van der Waals surface area contributed by atoms with E-state index in [-0.39, 0.29) is 0 Å². The number of fused-ring (bicyclic) bond motifs is 1. The smallest absolute Gasteiger partial charge is 0.123 e. The number of aryl methyl sites for hydroxylation is 1. The summed E-state index contributed by atoms with van der Waals surface area (Å²) in [6, 6.07) is 10.3. The maximum absolute atomic E-state index is 4.55. The summed E-state index contributed by atoms with van der Waals surface area (Å²) in [4.78, 5) is 0. The lowest BCUT2D eigenvalue weighted by atomic mass is 10.2. The molecule has 0 bridgehead atoms. The molecule has 0 atom stereocenters. The minimum Gasteiger partial charge on any atom is -0.268 e. The van der Waals surface area contributed by atoms with Gasteiger partial charge in [0.2, 0.25) is 0 Å². The van der Waals surface area contributed by atoms with E-state index in [1.165, 1.54) is 5.39 Å². The molecule has 0 spiro atoms. The minimum absolute atomic E-state index is 0.713. The molecule has 0 saturated heterocycles. The van der Waals surface area contributed by atoms with E-state index in [1.807, 2.05) is 40.8 Å². The van der Waals surface area contributed by atoms with Crippen molar-refractivity contribution in [1.29, 1.82) is 0 Å². The summed E-state index contributed by atoms with van der Waals surface area (Å²) in [5.74, 6) is 0. The van der Waals surface area contributed by atoms with Crippen LogP contribution < -0.4 is 0 Å². The molecule has 0 fully saturated rings. The Morgan fingerprint density at radius 1 is 1.18 bits per heavy atom. The zero-order valence-corrected chi connectivity index (χ0v) is 11.5. The molecular formula is C12H11IN4. The zero-order chi connectivity index (χ0) is 11.8. The Kier molecular flexibility index (Phi) is 2.62. The van der Waals surface area contributed by atoms with E-state index in [9.17, 15) is 0 Å². The van der Waals surface area contributed by atoms with Crippen molar-refractivity contribution in [2.24, 2.45) is 7.05 Å². The van der Waals surface area contributed by atoms with E-state index >= 15 is 0 Å². The van der Waals surface area contributed by atoms with Crippen LogP contribution >= 0.6 is 22.6 Å². The van der Waals surface area contributed by atoms with E-state index in [4.69, 9.17) is 0 Å². The molecule has 0 saturated carbocycles. The Labute approximate surface area is 112 Å². The molecule has 0 unspecified atom stereocenters. The number of hydrogen-bond acceptors (Lipinski definition) is 2. The van der Waals surface area contributed by atoms with Crippen LogP contribution in [-0.4, -0.2) is 19.6 Å². The quantitative estimate of drug-likeness (QED) is 0.673. The summed E-state index contributed by atoms with van der Waals surface area (Å²) in [6.07, 6.45) is 1.98. The second-order valence-corrected chi connectivity index (χ2v) is 5.03. The van der Waals surface area contributed by atoms with Crippen LogP contribution in [0.1, 0.15) is 5.69 Å². The Balaban J connectivity index is 2.06. The van der Waals surface area contributed by atoms with Gasteiger partial charge in [-0.05, 0) is 34.7 Å². The fourth-order valence-corrected chi connectivity index (χ4v) is 2.42. The van der Waals surface area contributed by atoms with Crippen LogP contribution in [0.4, 0.5) is 0 Å². The zero-order valence-electron chi connectivity index (χ0n) is 9.34. The molecule has 3 rings (SSSR count). The summed E-state index contributed by atoms with van der Waals surface area (Å²) < 4.78 is 4.83. The first-order chi connectivity index (χ1) is 8.24. The molecular weight excluding hydrogens is 327 g/mol. The van der Waals surface area contributed by atoms with Gasteiger partial charge in [0.25, 0.3) is 0 Å². The van der Waals surface area contributed by atoms with Crippen LogP contribution in [0.5, 0.6) is 0 Å². The molecule has 0 N–H and O–H groups in total. The van der Waals surface area contributed by atoms with Gasteiger partial charge >= 0.3 is 0 Å². The van der Waals surface area contributed by atoms with Crippen molar-refractivity contribution >= 4 is 33.5 Å². The van der Waals surface area contributed by atoms with Crippen molar-refractivity contribution in [3.63, 3.8) is 0 Å². The molecule has 2 heterocycles. The van der Waals surface area contributed by atoms with E-state index in [2.05, 4.69) is 44.9 Å². The summed E-state index contributed by atoms with van der Waals surface area (Å²) in [5, 5.41) is 10.1. The van der Waals surface area contributed by atoms with E-state index in [0.29, 0.717) is 6.54 Å². The highest BCUT2D eigenvalue weighted by Crippen LogP contribution is 2.18. The SMILES string of the molecule is Cn1nc(Cn2ccc(I)n2)c2ccccc21. The molecule has 0 amide bonds. The molecule has 2 aromatic heterocycles. The van der Waals surface area contributed by atoms with Gasteiger partial charge in [-0.3, -0.25) is 9.36 Å². The number of aromatic nitrogens is 4. The van der Waals surface area contributed by atoms with Gasteiger partial charge in [-0.15, -0.1) is 0 Å². The van der Waals surface area contributed by atoms with Gasteiger partial charge in [-0.1, -0.05) is 18.2 Å². The lowest BCUT2D eigenvalue weighted by Crippen LogP contribution is -2.02. The average Bonchev–Trinajstić information content (AvgIpc) is 2.86. The van der Waals surface area contributed by atoms with Crippen LogP contribution in [0.25, 0.3) is 10.9 Å². The summed E-state index contributed by atoms with van der Waals surface area (Å²) in [7, 11) is 1.97. The number of rotatable bonds is 2. The van der Waals surface area contributed by atoms with Gasteiger partial charge < -0.3 is 0 Å². The molecule has 5 heteroatoms. The van der Waals surface area contributed by atoms with Gasteiger partial charge in [0.1, 0.15) is 3.70 Å². The predicted molar refractivity (Wildman–Crippen MR) is 74.8 cm³/mol. The molecule has 86 valence electrons. The molecule has 3 aromatic rings. The van der Waals surface area contributed by atoms with E-state index in [0.717, 1.165) is 14.9 Å². The fraction of sp³-hybridized carbons (Fsp3) is 0.167. The lowest BCUT2D eigenvalue weighted by molar-refractivity contribution is 0.651. The topological polar surface area (TPSA) is 35.6 Å². The third-order valence-electron chi connectivity index (χ3n) is 2.75. The molecule has 0 aliphatic heterocycles. The van der Waals surface area contributed by atoms with Gasteiger partial charge in [-0.2, -0.15) is 10.2 Å². The van der Waals surface area contributed by atoms with Crippen molar-refractivity contribution in [2.45, 2.75) is 6.54 Å². The minimum atomic E-state index is 0.713. The van der Waals surface area contributed by atoms with Crippen molar-refractivity contribution in [3.8, 4) is 0 Å². The number of benzene rings is 1. The third-order valence-corrected chi connectivity index (χ3v) is 3.33. The first kappa shape index (κ1) is 10.8.